The van der Waals surface area contributed by atoms with Crippen LogP contribution < -0.4 is 5.32 Å². The Balaban J connectivity index is 1.70. The van der Waals surface area contributed by atoms with E-state index in [1.165, 1.54) is 31.2 Å². The average Bonchev–Trinajstić information content (AvgIpc) is 3.00. The Morgan fingerprint density at radius 2 is 1.90 bits per heavy atom. The molecule has 2 fully saturated rings. The van der Waals surface area contributed by atoms with Crippen LogP contribution in [0.15, 0.2) is 24.3 Å². The van der Waals surface area contributed by atoms with Crippen LogP contribution in [0, 0.1) is 29.1 Å². The lowest BCUT2D eigenvalue weighted by Gasteiger charge is -2.42. The molecule has 108 valence electrons. The minimum absolute atomic E-state index is 0.0367. The van der Waals surface area contributed by atoms with E-state index in [0.717, 1.165) is 12.0 Å². The zero-order valence-corrected chi connectivity index (χ0v) is 12.6. The van der Waals surface area contributed by atoms with Crippen LogP contribution in [0.5, 0.6) is 0 Å². The van der Waals surface area contributed by atoms with Crippen LogP contribution in [0.3, 0.4) is 0 Å². The van der Waals surface area contributed by atoms with Gasteiger partial charge in [-0.15, -0.1) is 0 Å². The third-order valence-corrected chi connectivity index (χ3v) is 4.84. The molecule has 0 radical (unpaired) electrons. The maximum atomic E-state index is 9.16. The van der Waals surface area contributed by atoms with Crippen molar-refractivity contribution in [1.29, 1.82) is 5.26 Å². The first kappa shape index (κ1) is 14.2. The Bertz CT molecular complexity index is 579. The SMILES string of the molecule is CC[C@H]1NC(C#N)[C@@H]1c1ccc(C#CC2CCCC2)cc1. The predicted molar refractivity (Wildman–Crippen MR) is 84.6 cm³/mol. The first-order chi connectivity index (χ1) is 10.3. The second-order valence-electron chi connectivity index (χ2n) is 6.19. The Kier molecular flexibility index (Phi) is 4.28. The third-order valence-electron chi connectivity index (χ3n) is 4.84. The van der Waals surface area contributed by atoms with Gasteiger partial charge in [-0.3, -0.25) is 5.32 Å². The van der Waals surface area contributed by atoms with Crippen LogP contribution in [0.4, 0.5) is 0 Å². The van der Waals surface area contributed by atoms with Gasteiger partial charge in [-0.05, 0) is 37.0 Å². The van der Waals surface area contributed by atoms with Gasteiger partial charge in [0.1, 0.15) is 6.04 Å². The van der Waals surface area contributed by atoms with Crippen molar-refractivity contribution in [3.05, 3.63) is 35.4 Å². The fourth-order valence-corrected chi connectivity index (χ4v) is 3.51. The molecular formula is C19H22N2. The highest BCUT2D eigenvalue weighted by molar-refractivity contribution is 5.40. The molecule has 3 atom stereocenters. The molecule has 0 bridgehead atoms. The molecule has 1 saturated carbocycles. The fraction of sp³-hybridized carbons (Fsp3) is 0.526. The number of hydrogen-bond acceptors (Lipinski definition) is 2. The van der Waals surface area contributed by atoms with Gasteiger partial charge < -0.3 is 0 Å². The van der Waals surface area contributed by atoms with E-state index in [9.17, 15) is 0 Å². The molecule has 1 N–H and O–H groups in total. The molecule has 1 aliphatic heterocycles. The second kappa shape index (κ2) is 6.33. The molecule has 1 aliphatic carbocycles. The first-order valence-corrected chi connectivity index (χ1v) is 8.09. The van der Waals surface area contributed by atoms with Crippen molar-refractivity contribution in [2.24, 2.45) is 5.92 Å². The minimum Gasteiger partial charge on any atom is -0.298 e. The van der Waals surface area contributed by atoms with Crippen molar-refractivity contribution in [2.45, 2.75) is 57.0 Å². The van der Waals surface area contributed by atoms with Gasteiger partial charge in [-0.2, -0.15) is 5.26 Å². The third kappa shape index (κ3) is 2.97. The normalized spacial score (nSPS) is 28.3. The maximum Gasteiger partial charge on any atom is 0.104 e. The summed E-state index contributed by atoms with van der Waals surface area (Å²) in [4.78, 5) is 0. The van der Waals surface area contributed by atoms with E-state index in [2.05, 4.69) is 54.4 Å². The van der Waals surface area contributed by atoms with E-state index >= 15 is 0 Å². The highest BCUT2D eigenvalue weighted by Gasteiger charge is 2.40. The summed E-state index contributed by atoms with van der Waals surface area (Å²) >= 11 is 0. The number of nitrogens with one attached hydrogen (secondary N) is 1. The van der Waals surface area contributed by atoms with Gasteiger partial charge in [0.25, 0.3) is 0 Å². The average molecular weight is 278 g/mol. The lowest BCUT2D eigenvalue weighted by atomic mass is 9.77. The molecule has 1 saturated heterocycles. The molecule has 21 heavy (non-hydrogen) atoms. The van der Waals surface area contributed by atoms with Crippen molar-refractivity contribution in [2.75, 3.05) is 0 Å². The number of nitrogens with zero attached hydrogens (tertiary/aromatic N) is 1. The van der Waals surface area contributed by atoms with Crippen LogP contribution in [0.1, 0.15) is 56.1 Å². The smallest absolute Gasteiger partial charge is 0.104 e. The largest absolute Gasteiger partial charge is 0.298 e. The molecule has 1 aromatic rings. The molecule has 1 aromatic carbocycles. The molecule has 1 unspecified atom stereocenters. The van der Waals surface area contributed by atoms with Gasteiger partial charge in [-0.1, -0.05) is 43.7 Å². The molecule has 2 nitrogen and oxygen atoms in total. The summed E-state index contributed by atoms with van der Waals surface area (Å²) in [5, 5.41) is 12.5. The molecular weight excluding hydrogens is 256 g/mol. The molecule has 0 amide bonds. The van der Waals surface area contributed by atoms with Gasteiger partial charge in [0.15, 0.2) is 0 Å². The van der Waals surface area contributed by atoms with Gasteiger partial charge in [0.2, 0.25) is 0 Å². The summed E-state index contributed by atoms with van der Waals surface area (Å²) in [6, 6.07) is 11.3. The lowest BCUT2D eigenvalue weighted by Crippen LogP contribution is -2.58. The monoisotopic (exact) mass is 278 g/mol. The number of rotatable bonds is 2. The summed E-state index contributed by atoms with van der Waals surface area (Å²) < 4.78 is 0. The van der Waals surface area contributed by atoms with Crippen LogP contribution in [-0.4, -0.2) is 12.1 Å². The van der Waals surface area contributed by atoms with Crippen molar-refractivity contribution < 1.29 is 0 Å². The quantitative estimate of drug-likeness (QED) is 0.839. The molecule has 1 heterocycles. The Hall–Kier alpha value is -1.77. The number of nitriles is 1. The Labute approximate surface area is 127 Å². The molecule has 0 aromatic heterocycles. The summed E-state index contributed by atoms with van der Waals surface area (Å²) in [5.74, 6) is 7.64. The van der Waals surface area contributed by atoms with Gasteiger partial charge in [0, 0.05) is 23.4 Å². The fourth-order valence-electron chi connectivity index (χ4n) is 3.51. The van der Waals surface area contributed by atoms with Crippen LogP contribution >= 0.6 is 0 Å². The summed E-state index contributed by atoms with van der Waals surface area (Å²) in [7, 11) is 0. The number of hydrogen-bond donors (Lipinski definition) is 1. The van der Waals surface area contributed by atoms with Crippen LogP contribution in [0.2, 0.25) is 0 Å². The van der Waals surface area contributed by atoms with Crippen molar-refractivity contribution in [3.63, 3.8) is 0 Å². The molecule has 3 rings (SSSR count). The van der Waals surface area contributed by atoms with Gasteiger partial charge in [-0.25, -0.2) is 0 Å². The van der Waals surface area contributed by atoms with Gasteiger partial charge in [0.05, 0.1) is 6.07 Å². The first-order valence-electron chi connectivity index (χ1n) is 8.09. The van der Waals surface area contributed by atoms with Crippen LogP contribution in [0.25, 0.3) is 0 Å². The number of benzene rings is 1. The van der Waals surface area contributed by atoms with E-state index in [4.69, 9.17) is 5.26 Å². The molecule has 0 spiro atoms. The van der Waals surface area contributed by atoms with E-state index in [1.54, 1.807) is 0 Å². The summed E-state index contributed by atoms with van der Waals surface area (Å²) in [6.45, 7) is 2.17. The highest BCUT2D eigenvalue weighted by Crippen LogP contribution is 2.33. The van der Waals surface area contributed by atoms with E-state index in [0.29, 0.717) is 17.9 Å². The molecule has 2 aliphatic rings. The summed E-state index contributed by atoms with van der Waals surface area (Å²) in [6.07, 6.45) is 6.26. The second-order valence-corrected chi connectivity index (χ2v) is 6.19. The zero-order chi connectivity index (χ0) is 14.7. The lowest BCUT2D eigenvalue weighted by molar-refractivity contribution is 0.250. The Morgan fingerprint density at radius 1 is 1.19 bits per heavy atom. The predicted octanol–water partition coefficient (Wildman–Crippen LogP) is 3.59. The van der Waals surface area contributed by atoms with E-state index in [-0.39, 0.29) is 6.04 Å². The minimum atomic E-state index is -0.0367. The zero-order valence-electron chi connectivity index (χ0n) is 12.6. The van der Waals surface area contributed by atoms with Gasteiger partial charge >= 0.3 is 0 Å². The highest BCUT2D eigenvalue weighted by atomic mass is 15.1. The van der Waals surface area contributed by atoms with Crippen molar-refractivity contribution in [3.8, 4) is 17.9 Å². The molecule has 2 heteroatoms. The van der Waals surface area contributed by atoms with Crippen molar-refractivity contribution in [1.82, 2.24) is 5.32 Å². The van der Waals surface area contributed by atoms with Crippen molar-refractivity contribution >= 4 is 0 Å². The maximum absolute atomic E-state index is 9.16. The summed E-state index contributed by atoms with van der Waals surface area (Å²) in [5.41, 5.74) is 2.36. The van der Waals surface area contributed by atoms with Crippen LogP contribution in [-0.2, 0) is 0 Å². The van der Waals surface area contributed by atoms with E-state index in [1.807, 2.05) is 0 Å². The van der Waals surface area contributed by atoms with E-state index < -0.39 is 0 Å². The standard InChI is InChI=1S/C19H22N2/c1-2-17-19(18(13-20)21-17)16-11-9-15(10-12-16)8-7-14-5-3-4-6-14/h9-12,14,17-19,21H,2-6H2,1H3/t17-,18?,19-/m1/s1. The Morgan fingerprint density at radius 3 is 2.52 bits per heavy atom. The topological polar surface area (TPSA) is 35.8 Å².